The Hall–Kier alpha value is -1.65. The van der Waals surface area contributed by atoms with E-state index in [0.29, 0.717) is 6.61 Å². The number of pyridine rings is 1. The van der Waals surface area contributed by atoms with Crippen molar-refractivity contribution in [3.63, 3.8) is 0 Å². The number of unbranched alkanes of at least 4 members (excludes halogenated alkanes) is 3. The molecule has 0 saturated carbocycles. The number of rotatable bonds is 9. The SMILES string of the molecule is COc1cccc2ccc(CNCCCCCCO)nc12. The van der Waals surface area contributed by atoms with Crippen LogP contribution in [-0.4, -0.2) is 30.4 Å². The highest BCUT2D eigenvalue weighted by atomic mass is 16.5. The molecule has 0 aliphatic carbocycles. The summed E-state index contributed by atoms with van der Waals surface area (Å²) < 4.78 is 5.36. The Morgan fingerprint density at radius 1 is 1.10 bits per heavy atom. The fourth-order valence-electron chi connectivity index (χ4n) is 2.36. The lowest BCUT2D eigenvalue weighted by Crippen LogP contribution is -2.15. The fraction of sp³-hybridized carbons (Fsp3) is 0.471. The Morgan fingerprint density at radius 2 is 1.95 bits per heavy atom. The van der Waals surface area contributed by atoms with Crippen LogP contribution in [0.3, 0.4) is 0 Å². The van der Waals surface area contributed by atoms with Gasteiger partial charge in [0.1, 0.15) is 11.3 Å². The van der Waals surface area contributed by atoms with E-state index in [0.717, 1.165) is 61.1 Å². The van der Waals surface area contributed by atoms with E-state index in [1.165, 1.54) is 0 Å². The number of ether oxygens (including phenoxy) is 1. The third-order valence-electron chi connectivity index (χ3n) is 3.53. The van der Waals surface area contributed by atoms with Crippen LogP contribution in [0.2, 0.25) is 0 Å². The normalized spacial score (nSPS) is 11.0. The Kier molecular flexibility index (Phi) is 6.44. The van der Waals surface area contributed by atoms with E-state index in [9.17, 15) is 0 Å². The Morgan fingerprint density at radius 3 is 2.76 bits per heavy atom. The Balaban J connectivity index is 1.85. The molecule has 114 valence electrons. The summed E-state index contributed by atoms with van der Waals surface area (Å²) in [6.45, 7) is 2.06. The first kappa shape index (κ1) is 15.7. The molecule has 2 rings (SSSR count). The van der Waals surface area contributed by atoms with Crippen molar-refractivity contribution in [2.45, 2.75) is 32.2 Å². The minimum absolute atomic E-state index is 0.302. The van der Waals surface area contributed by atoms with Gasteiger partial charge in [0.2, 0.25) is 0 Å². The molecule has 0 aliphatic rings. The molecule has 0 spiro atoms. The van der Waals surface area contributed by atoms with E-state index < -0.39 is 0 Å². The fourth-order valence-corrected chi connectivity index (χ4v) is 2.36. The zero-order chi connectivity index (χ0) is 14.9. The molecule has 4 nitrogen and oxygen atoms in total. The zero-order valence-electron chi connectivity index (χ0n) is 12.6. The standard InChI is InChI=1S/C17H24N2O2/c1-21-16-8-6-7-14-9-10-15(19-17(14)16)13-18-11-4-2-3-5-12-20/h6-10,18,20H,2-5,11-13H2,1H3. The first-order valence-corrected chi connectivity index (χ1v) is 7.59. The van der Waals surface area contributed by atoms with E-state index in [1.807, 2.05) is 18.2 Å². The molecule has 1 heterocycles. The topological polar surface area (TPSA) is 54.4 Å². The van der Waals surface area contributed by atoms with Gasteiger partial charge in [-0.05, 0) is 31.5 Å². The molecule has 1 aromatic heterocycles. The number of nitrogens with zero attached hydrogens (tertiary/aromatic N) is 1. The molecule has 0 bridgehead atoms. The molecule has 0 atom stereocenters. The lowest BCUT2D eigenvalue weighted by Gasteiger charge is -2.08. The molecule has 0 unspecified atom stereocenters. The molecular formula is C17H24N2O2. The molecule has 21 heavy (non-hydrogen) atoms. The van der Waals surface area contributed by atoms with Crippen molar-refractivity contribution in [1.82, 2.24) is 10.3 Å². The summed E-state index contributed by atoms with van der Waals surface area (Å²) in [6, 6.07) is 10.1. The van der Waals surface area contributed by atoms with Gasteiger partial charge in [0.05, 0.1) is 12.8 Å². The number of hydrogen-bond donors (Lipinski definition) is 2. The Bertz CT molecular complexity index is 557. The van der Waals surface area contributed by atoms with Gasteiger partial charge < -0.3 is 15.2 Å². The molecule has 2 N–H and O–H groups in total. The maximum Gasteiger partial charge on any atom is 0.145 e. The van der Waals surface area contributed by atoms with Crippen LogP contribution >= 0.6 is 0 Å². The second kappa shape index (κ2) is 8.60. The molecule has 0 amide bonds. The van der Waals surface area contributed by atoms with E-state index >= 15 is 0 Å². The van der Waals surface area contributed by atoms with Gasteiger partial charge in [0, 0.05) is 18.5 Å². The number of benzene rings is 1. The van der Waals surface area contributed by atoms with Crippen molar-refractivity contribution in [1.29, 1.82) is 0 Å². The lowest BCUT2D eigenvalue weighted by atomic mass is 10.2. The summed E-state index contributed by atoms with van der Waals surface area (Å²) >= 11 is 0. The smallest absolute Gasteiger partial charge is 0.145 e. The van der Waals surface area contributed by atoms with E-state index in [2.05, 4.69) is 22.4 Å². The quantitative estimate of drug-likeness (QED) is 0.697. The maximum atomic E-state index is 8.71. The first-order chi connectivity index (χ1) is 10.3. The number of nitrogens with one attached hydrogen (secondary N) is 1. The summed E-state index contributed by atoms with van der Waals surface area (Å²) in [7, 11) is 1.67. The van der Waals surface area contributed by atoms with E-state index in [1.54, 1.807) is 7.11 Å². The Labute approximate surface area is 126 Å². The van der Waals surface area contributed by atoms with Crippen LogP contribution in [0.4, 0.5) is 0 Å². The van der Waals surface area contributed by atoms with E-state index in [4.69, 9.17) is 9.84 Å². The lowest BCUT2D eigenvalue weighted by molar-refractivity contribution is 0.282. The number of hydrogen-bond acceptors (Lipinski definition) is 4. The van der Waals surface area contributed by atoms with Gasteiger partial charge in [-0.25, -0.2) is 4.98 Å². The van der Waals surface area contributed by atoms with Gasteiger partial charge in [-0.2, -0.15) is 0 Å². The van der Waals surface area contributed by atoms with Crippen molar-refractivity contribution in [2.24, 2.45) is 0 Å². The predicted octanol–water partition coefficient (Wildman–Crippen LogP) is 2.89. The summed E-state index contributed by atoms with van der Waals surface area (Å²) in [5, 5.41) is 13.2. The average molecular weight is 288 g/mol. The summed E-state index contributed by atoms with van der Waals surface area (Å²) in [5.41, 5.74) is 1.95. The zero-order valence-corrected chi connectivity index (χ0v) is 12.6. The highest BCUT2D eigenvalue weighted by molar-refractivity contribution is 5.84. The number of para-hydroxylation sites is 1. The van der Waals surface area contributed by atoms with Crippen molar-refractivity contribution < 1.29 is 9.84 Å². The minimum atomic E-state index is 0.302. The highest BCUT2D eigenvalue weighted by Gasteiger charge is 2.03. The van der Waals surface area contributed by atoms with Crippen LogP contribution in [0, 0.1) is 0 Å². The summed E-state index contributed by atoms with van der Waals surface area (Å²) in [4.78, 5) is 4.67. The molecule has 2 aromatic rings. The average Bonchev–Trinajstić information content (AvgIpc) is 2.53. The van der Waals surface area contributed by atoms with Crippen molar-refractivity contribution in [3.05, 3.63) is 36.0 Å². The van der Waals surface area contributed by atoms with Crippen LogP contribution in [0.15, 0.2) is 30.3 Å². The van der Waals surface area contributed by atoms with Crippen LogP contribution in [0.1, 0.15) is 31.4 Å². The molecule has 0 fully saturated rings. The number of aliphatic hydroxyl groups excluding tert-OH is 1. The van der Waals surface area contributed by atoms with Gasteiger partial charge in [-0.1, -0.05) is 31.0 Å². The maximum absolute atomic E-state index is 8.71. The van der Waals surface area contributed by atoms with Crippen molar-refractivity contribution in [2.75, 3.05) is 20.3 Å². The largest absolute Gasteiger partial charge is 0.494 e. The van der Waals surface area contributed by atoms with Crippen LogP contribution in [0.5, 0.6) is 5.75 Å². The summed E-state index contributed by atoms with van der Waals surface area (Å²) in [6.07, 6.45) is 4.30. The monoisotopic (exact) mass is 288 g/mol. The number of aliphatic hydroxyl groups is 1. The van der Waals surface area contributed by atoms with Gasteiger partial charge in [0.25, 0.3) is 0 Å². The molecule has 0 saturated heterocycles. The van der Waals surface area contributed by atoms with Gasteiger partial charge in [-0.3, -0.25) is 0 Å². The molecule has 0 radical (unpaired) electrons. The van der Waals surface area contributed by atoms with Crippen molar-refractivity contribution in [3.8, 4) is 5.75 Å². The highest BCUT2D eigenvalue weighted by Crippen LogP contribution is 2.23. The first-order valence-electron chi connectivity index (χ1n) is 7.59. The van der Waals surface area contributed by atoms with Gasteiger partial charge in [0.15, 0.2) is 0 Å². The van der Waals surface area contributed by atoms with Crippen LogP contribution < -0.4 is 10.1 Å². The molecular weight excluding hydrogens is 264 g/mol. The van der Waals surface area contributed by atoms with Crippen LogP contribution in [0.25, 0.3) is 10.9 Å². The third-order valence-corrected chi connectivity index (χ3v) is 3.53. The predicted molar refractivity (Wildman–Crippen MR) is 85.6 cm³/mol. The minimum Gasteiger partial charge on any atom is -0.494 e. The third kappa shape index (κ3) is 4.69. The van der Waals surface area contributed by atoms with Crippen LogP contribution in [-0.2, 0) is 6.54 Å². The second-order valence-electron chi connectivity index (χ2n) is 5.15. The number of fused-ring (bicyclic) bond motifs is 1. The molecule has 0 aliphatic heterocycles. The number of aromatic nitrogens is 1. The van der Waals surface area contributed by atoms with Gasteiger partial charge >= 0.3 is 0 Å². The number of methoxy groups -OCH3 is 1. The second-order valence-corrected chi connectivity index (χ2v) is 5.15. The summed E-state index contributed by atoms with van der Waals surface area (Å²) in [5.74, 6) is 0.818. The van der Waals surface area contributed by atoms with E-state index in [-0.39, 0.29) is 0 Å². The molecule has 1 aromatic carbocycles. The van der Waals surface area contributed by atoms with Crippen molar-refractivity contribution >= 4 is 10.9 Å². The molecule has 4 heteroatoms. The van der Waals surface area contributed by atoms with Gasteiger partial charge in [-0.15, -0.1) is 0 Å².